The molecule has 2 aliphatic rings. The lowest BCUT2D eigenvalue weighted by molar-refractivity contribution is 0.118. The minimum atomic E-state index is -0.398. The van der Waals surface area contributed by atoms with Crippen molar-refractivity contribution < 1.29 is 9.18 Å². The van der Waals surface area contributed by atoms with Gasteiger partial charge in [0.1, 0.15) is 5.82 Å². The third-order valence-electron chi connectivity index (χ3n) is 6.33. The van der Waals surface area contributed by atoms with E-state index in [4.69, 9.17) is 4.99 Å². The van der Waals surface area contributed by atoms with Crippen LogP contribution < -0.4 is 16.0 Å². The van der Waals surface area contributed by atoms with Gasteiger partial charge in [-0.15, -0.1) is 0 Å². The molecule has 2 aromatic rings. The number of rotatable bonds is 3. The van der Waals surface area contributed by atoms with E-state index in [1.807, 2.05) is 18.3 Å². The van der Waals surface area contributed by atoms with Crippen molar-refractivity contribution in [1.29, 1.82) is 5.26 Å². The summed E-state index contributed by atoms with van der Waals surface area (Å²) in [6.45, 7) is 7.32. The van der Waals surface area contributed by atoms with E-state index >= 15 is 0 Å². The molecule has 34 heavy (non-hydrogen) atoms. The summed E-state index contributed by atoms with van der Waals surface area (Å²) in [5, 5.41) is 18.4. The highest BCUT2D eigenvalue weighted by molar-refractivity contribution is 5.90. The highest BCUT2D eigenvalue weighted by Gasteiger charge is 2.34. The molecular weight excluding hydrogens is 433 g/mol. The van der Waals surface area contributed by atoms with Crippen molar-refractivity contribution in [2.24, 2.45) is 10.9 Å². The first-order valence-corrected chi connectivity index (χ1v) is 11.6. The van der Waals surface area contributed by atoms with Gasteiger partial charge >= 0.3 is 6.03 Å². The fraction of sp³-hybridized carbons (Fsp3) is 0.400. The quantitative estimate of drug-likeness (QED) is 0.281. The second-order valence-corrected chi connectivity index (χ2v) is 8.91. The summed E-state index contributed by atoms with van der Waals surface area (Å²) in [4.78, 5) is 21.6. The van der Waals surface area contributed by atoms with Gasteiger partial charge in [-0.05, 0) is 54.3 Å². The van der Waals surface area contributed by atoms with Gasteiger partial charge in [0.25, 0.3) is 0 Å². The number of carbonyl (C=O) groups excluding carboxylic acids is 1. The summed E-state index contributed by atoms with van der Waals surface area (Å²) in [6.07, 6.45) is 2.92. The van der Waals surface area contributed by atoms with Crippen molar-refractivity contribution in [2.45, 2.75) is 32.9 Å². The van der Waals surface area contributed by atoms with E-state index in [1.54, 1.807) is 17.0 Å². The molecule has 2 aliphatic heterocycles. The Kier molecular flexibility index (Phi) is 7.28. The monoisotopic (exact) mass is 463 g/mol. The van der Waals surface area contributed by atoms with Crippen molar-refractivity contribution >= 4 is 23.4 Å². The first-order chi connectivity index (χ1) is 16.5. The van der Waals surface area contributed by atoms with Crippen LogP contribution in [0.15, 0.2) is 47.5 Å². The molecule has 3 N–H and O–H groups in total. The van der Waals surface area contributed by atoms with Gasteiger partial charge < -0.3 is 20.4 Å². The van der Waals surface area contributed by atoms with Gasteiger partial charge in [0.05, 0.1) is 11.7 Å². The van der Waals surface area contributed by atoms with E-state index < -0.39 is 5.82 Å². The topological polar surface area (TPSA) is 95.8 Å². The zero-order chi connectivity index (χ0) is 24.1. The Morgan fingerprint density at radius 3 is 2.85 bits per heavy atom. The van der Waals surface area contributed by atoms with Gasteiger partial charge in [0.15, 0.2) is 6.19 Å². The molecule has 9 heteroatoms. The molecule has 0 aromatic heterocycles. The third-order valence-corrected chi connectivity index (χ3v) is 6.33. The fourth-order valence-corrected chi connectivity index (χ4v) is 4.54. The Labute approximate surface area is 199 Å². The first kappa shape index (κ1) is 23.5. The molecule has 1 atom stereocenters. The zero-order valence-electron chi connectivity index (χ0n) is 19.5. The van der Waals surface area contributed by atoms with Gasteiger partial charge in [-0.3, -0.25) is 5.32 Å². The van der Waals surface area contributed by atoms with E-state index in [0.717, 1.165) is 25.2 Å². The predicted molar refractivity (Wildman–Crippen MR) is 130 cm³/mol. The molecule has 2 aromatic carbocycles. The molecule has 2 heterocycles. The van der Waals surface area contributed by atoms with Crippen LogP contribution in [0.4, 0.5) is 20.6 Å². The van der Waals surface area contributed by atoms with Crippen LogP contribution in [0.3, 0.4) is 0 Å². The van der Waals surface area contributed by atoms with E-state index in [9.17, 15) is 14.4 Å². The molecule has 1 saturated heterocycles. The summed E-state index contributed by atoms with van der Waals surface area (Å²) >= 11 is 0. The third kappa shape index (κ3) is 5.29. The number of piperazine rings is 1. The van der Waals surface area contributed by atoms with Crippen LogP contribution in [0, 0.1) is 23.2 Å². The normalized spacial score (nSPS) is 18.3. The number of nitrogens with zero attached hydrogens (tertiary/aromatic N) is 4. The number of halogens is 1. The van der Waals surface area contributed by atoms with Crippen LogP contribution in [-0.2, 0) is 13.0 Å². The predicted octanol–water partition coefficient (Wildman–Crippen LogP) is 3.40. The number of guanidine groups is 1. The van der Waals surface area contributed by atoms with Crippen molar-refractivity contribution in [1.82, 2.24) is 20.4 Å². The average Bonchev–Trinajstić information content (AvgIpc) is 2.83. The van der Waals surface area contributed by atoms with Gasteiger partial charge in [-0.1, -0.05) is 32.0 Å². The van der Waals surface area contributed by atoms with Crippen molar-refractivity contribution in [2.75, 3.05) is 31.5 Å². The van der Waals surface area contributed by atoms with Gasteiger partial charge in [-0.25, -0.2) is 14.2 Å². The van der Waals surface area contributed by atoms with Crippen LogP contribution in [-0.4, -0.2) is 54.0 Å². The van der Waals surface area contributed by atoms with E-state index in [0.29, 0.717) is 31.3 Å². The first-order valence-electron chi connectivity index (χ1n) is 11.6. The standard InChI is InChI=1S/C25H30FN7O/c1-17(2)23-15-32(25(34)30-20-7-4-6-19(26)13-20)11-12-33(23)24(29-16-27)31-22-8-3-5-18-14-28-10-9-21(18)22/h3-8,13,17,23,28H,9-12,14-15H2,1-2H3,(H,29,31)(H,30,34). The summed E-state index contributed by atoms with van der Waals surface area (Å²) in [6, 6.07) is 11.6. The van der Waals surface area contributed by atoms with E-state index in [-0.39, 0.29) is 18.0 Å². The smallest absolute Gasteiger partial charge is 0.321 e. The Morgan fingerprint density at radius 1 is 1.26 bits per heavy atom. The number of aliphatic imine (C=N–C) groups is 1. The average molecular weight is 464 g/mol. The summed E-state index contributed by atoms with van der Waals surface area (Å²) in [5.74, 6) is 0.299. The molecule has 4 rings (SSSR count). The minimum absolute atomic E-state index is 0.0483. The molecule has 178 valence electrons. The summed E-state index contributed by atoms with van der Waals surface area (Å²) in [7, 11) is 0. The lowest BCUT2D eigenvalue weighted by atomic mass is 9.99. The number of hydrogen-bond acceptors (Lipinski definition) is 4. The fourth-order valence-electron chi connectivity index (χ4n) is 4.54. The van der Waals surface area contributed by atoms with Crippen LogP contribution >= 0.6 is 0 Å². The summed E-state index contributed by atoms with van der Waals surface area (Å²) < 4.78 is 13.5. The number of hydrogen-bond donors (Lipinski definition) is 3. The van der Waals surface area contributed by atoms with E-state index in [2.05, 4.69) is 40.8 Å². The van der Waals surface area contributed by atoms with Gasteiger partial charge in [0.2, 0.25) is 5.96 Å². The highest BCUT2D eigenvalue weighted by Crippen LogP contribution is 2.27. The molecule has 0 aliphatic carbocycles. The van der Waals surface area contributed by atoms with Crippen LogP contribution in [0.1, 0.15) is 25.0 Å². The molecule has 0 bridgehead atoms. The summed E-state index contributed by atoms with van der Waals surface area (Å²) in [5.41, 5.74) is 3.71. The molecule has 0 saturated carbocycles. The van der Waals surface area contributed by atoms with Crippen molar-refractivity contribution in [3.05, 3.63) is 59.4 Å². The Balaban J connectivity index is 1.55. The number of fused-ring (bicyclic) bond motifs is 1. The number of amides is 2. The Bertz CT molecular complexity index is 1110. The highest BCUT2D eigenvalue weighted by atomic mass is 19.1. The number of nitrogens with one attached hydrogen (secondary N) is 3. The second-order valence-electron chi connectivity index (χ2n) is 8.91. The Morgan fingerprint density at radius 2 is 2.09 bits per heavy atom. The van der Waals surface area contributed by atoms with E-state index in [1.165, 1.54) is 23.3 Å². The molecular formula is C25H30FN7O. The maximum absolute atomic E-state index is 13.5. The molecule has 0 spiro atoms. The molecule has 8 nitrogen and oxygen atoms in total. The number of anilines is 1. The lowest BCUT2D eigenvalue weighted by Gasteiger charge is -2.44. The van der Waals surface area contributed by atoms with Crippen LogP contribution in [0.25, 0.3) is 0 Å². The van der Waals surface area contributed by atoms with Crippen LogP contribution in [0.5, 0.6) is 0 Å². The lowest BCUT2D eigenvalue weighted by Crippen LogP contribution is -2.60. The second kappa shape index (κ2) is 10.5. The van der Waals surface area contributed by atoms with Crippen molar-refractivity contribution in [3.8, 4) is 6.19 Å². The number of urea groups is 1. The zero-order valence-corrected chi connectivity index (χ0v) is 19.5. The van der Waals surface area contributed by atoms with Gasteiger partial charge in [-0.2, -0.15) is 5.26 Å². The Hall–Kier alpha value is -3.64. The number of carbonyl (C=O) groups is 1. The SMILES string of the molecule is CC(C)C1CN(C(=O)Nc2cccc(F)c2)CCN1C(=Nc1cccc2c1CCNC2)NC#N. The van der Waals surface area contributed by atoms with Crippen molar-refractivity contribution in [3.63, 3.8) is 0 Å². The maximum Gasteiger partial charge on any atom is 0.321 e. The minimum Gasteiger partial charge on any atom is -0.335 e. The molecule has 1 unspecified atom stereocenters. The molecule has 0 radical (unpaired) electrons. The molecule has 1 fully saturated rings. The van der Waals surface area contributed by atoms with Gasteiger partial charge in [0, 0.05) is 31.9 Å². The number of nitriles is 1. The molecule has 2 amide bonds. The maximum atomic E-state index is 13.5. The van der Waals surface area contributed by atoms with Crippen LogP contribution in [0.2, 0.25) is 0 Å². The number of benzene rings is 2. The largest absolute Gasteiger partial charge is 0.335 e.